The van der Waals surface area contributed by atoms with Gasteiger partial charge in [0.2, 0.25) is 0 Å². The van der Waals surface area contributed by atoms with Crippen molar-refractivity contribution >= 4 is 0 Å². The Morgan fingerprint density at radius 3 is 2.40 bits per heavy atom. The first-order chi connectivity index (χ1) is 4.66. The fourth-order valence-corrected chi connectivity index (χ4v) is 0.806. The van der Waals surface area contributed by atoms with Crippen LogP contribution in [0.2, 0.25) is 0 Å². The monoisotopic (exact) mass is 145 g/mol. The maximum atomic E-state index is 5.51. The predicted octanol–water partition coefficient (Wildman–Crippen LogP) is 1.54. The van der Waals surface area contributed by atoms with Crippen LogP contribution in [0.1, 0.15) is 33.6 Å². The molecule has 0 spiro atoms. The van der Waals surface area contributed by atoms with Gasteiger partial charge in [0.05, 0.1) is 12.7 Å². The van der Waals surface area contributed by atoms with Crippen LogP contribution in [0.4, 0.5) is 0 Å². The Kier molecular flexibility index (Phi) is 5.64. The molecule has 0 aromatic rings. The van der Waals surface area contributed by atoms with E-state index in [9.17, 15) is 0 Å². The molecule has 0 radical (unpaired) electrons. The molecule has 0 bridgehead atoms. The minimum Gasteiger partial charge on any atom is -0.377 e. The van der Waals surface area contributed by atoms with Crippen molar-refractivity contribution < 1.29 is 4.74 Å². The Hall–Kier alpha value is -0.0800. The average Bonchev–Trinajstić information content (AvgIpc) is 1.85. The lowest BCUT2D eigenvalue weighted by Crippen LogP contribution is -2.24. The molecule has 0 saturated heterocycles. The van der Waals surface area contributed by atoms with Gasteiger partial charge in [0, 0.05) is 6.04 Å². The Balaban J connectivity index is 3.12. The largest absolute Gasteiger partial charge is 0.377 e. The standard InChI is InChI=1S/C8H19NO/c1-4-5-8(3)10-6-7(2)9/h7-8H,4-6,9H2,1-3H3/t7-,8?/m1/s1. The van der Waals surface area contributed by atoms with Crippen molar-refractivity contribution in [2.45, 2.75) is 45.8 Å². The smallest absolute Gasteiger partial charge is 0.0618 e. The third-order valence-electron chi connectivity index (χ3n) is 1.34. The molecule has 2 nitrogen and oxygen atoms in total. The molecule has 2 N–H and O–H groups in total. The van der Waals surface area contributed by atoms with E-state index >= 15 is 0 Å². The van der Waals surface area contributed by atoms with Gasteiger partial charge in [-0.1, -0.05) is 13.3 Å². The summed E-state index contributed by atoms with van der Waals surface area (Å²) in [5, 5.41) is 0. The summed E-state index contributed by atoms with van der Waals surface area (Å²) in [6.45, 7) is 6.89. The van der Waals surface area contributed by atoms with Crippen LogP contribution < -0.4 is 5.73 Å². The lowest BCUT2D eigenvalue weighted by atomic mass is 10.2. The van der Waals surface area contributed by atoms with E-state index in [-0.39, 0.29) is 6.04 Å². The van der Waals surface area contributed by atoms with Crippen molar-refractivity contribution in [2.75, 3.05) is 6.61 Å². The Bertz CT molecular complexity index is 73.7. The number of hydrogen-bond donors (Lipinski definition) is 1. The summed E-state index contributed by atoms with van der Waals surface area (Å²) in [5.41, 5.74) is 5.51. The normalized spacial score (nSPS) is 16.8. The number of rotatable bonds is 5. The minimum absolute atomic E-state index is 0.166. The third-order valence-corrected chi connectivity index (χ3v) is 1.34. The first kappa shape index (κ1) is 9.92. The number of nitrogens with two attached hydrogens (primary N) is 1. The summed E-state index contributed by atoms with van der Waals surface area (Å²) < 4.78 is 5.42. The van der Waals surface area contributed by atoms with E-state index in [0.29, 0.717) is 12.7 Å². The molecular formula is C8H19NO. The van der Waals surface area contributed by atoms with Crippen LogP contribution in [0.25, 0.3) is 0 Å². The second kappa shape index (κ2) is 5.69. The van der Waals surface area contributed by atoms with Gasteiger partial charge in [0.15, 0.2) is 0 Å². The molecule has 1 unspecified atom stereocenters. The Morgan fingerprint density at radius 2 is 2.00 bits per heavy atom. The van der Waals surface area contributed by atoms with E-state index in [1.54, 1.807) is 0 Å². The minimum atomic E-state index is 0.166. The van der Waals surface area contributed by atoms with Crippen LogP contribution >= 0.6 is 0 Å². The lowest BCUT2D eigenvalue weighted by molar-refractivity contribution is 0.0530. The fourth-order valence-electron chi connectivity index (χ4n) is 0.806. The third kappa shape index (κ3) is 6.05. The van der Waals surface area contributed by atoms with Crippen LogP contribution in [0.3, 0.4) is 0 Å². The van der Waals surface area contributed by atoms with Crippen molar-refractivity contribution in [3.05, 3.63) is 0 Å². The maximum absolute atomic E-state index is 5.51. The maximum Gasteiger partial charge on any atom is 0.0618 e. The van der Waals surface area contributed by atoms with Gasteiger partial charge in [0.25, 0.3) is 0 Å². The van der Waals surface area contributed by atoms with Crippen LogP contribution in [0.5, 0.6) is 0 Å². The van der Waals surface area contributed by atoms with E-state index in [0.717, 1.165) is 6.42 Å². The highest BCUT2D eigenvalue weighted by molar-refractivity contribution is 4.53. The van der Waals surface area contributed by atoms with Crippen molar-refractivity contribution in [1.29, 1.82) is 0 Å². The molecular weight excluding hydrogens is 126 g/mol. The van der Waals surface area contributed by atoms with Gasteiger partial charge in [-0.2, -0.15) is 0 Å². The SMILES string of the molecule is CCCC(C)OC[C@@H](C)N. The molecule has 10 heavy (non-hydrogen) atoms. The summed E-state index contributed by atoms with van der Waals surface area (Å²) in [7, 11) is 0. The van der Waals surface area contributed by atoms with Crippen LogP contribution in [0, 0.1) is 0 Å². The quantitative estimate of drug-likeness (QED) is 0.637. The molecule has 0 aliphatic carbocycles. The summed E-state index contributed by atoms with van der Waals surface area (Å²) in [6, 6.07) is 0.166. The highest BCUT2D eigenvalue weighted by atomic mass is 16.5. The summed E-state index contributed by atoms with van der Waals surface area (Å²) in [6.07, 6.45) is 2.68. The second-order valence-electron chi connectivity index (χ2n) is 2.91. The zero-order chi connectivity index (χ0) is 7.98. The molecule has 0 saturated carbocycles. The molecule has 0 aliphatic rings. The van der Waals surface area contributed by atoms with Crippen LogP contribution in [-0.2, 0) is 4.74 Å². The zero-order valence-electron chi connectivity index (χ0n) is 7.26. The first-order valence-corrected chi connectivity index (χ1v) is 4.04. The molecule has 2 atom stereocenters. The van der Waals surface area contributed by atoms with Crippen molar-refractivity contribution in [3.63, 3.8) is 0 Å². The van der Waals surface area contributed by atoms with Crippen molar-refractivity contribution in [3.8, 4) is 0 Å². The van der Waals surface area contributed by atoms with Gasteiger partial charge in [-0.25, -0.2) is 0 Å². The highest BCUT2D eigenvalue weighted by Crippen LogP contribution is 2.00. The topological polar surface area (TPSA) is 35.2 Å². The molecule has 0 heterocycles. The summed E-state index contributed by atoms with van der Waals surface area (Å²) in [5.74, 6) is 0. The fraction of sp³-hybridized carbons (Fsp3) is 1.00. The molecule has 0 amide bonds. The van der Waals surface area contributed by atoms with E-state index in [2.05, 4.69) is 13.8 Å². The second-order valence-corrected chi connectivity index (χ2v) is 2.91. The molecule has 0 fully saturated rings. The van der Waals surface area contributed by atoms with Crippen molar-refractivity contribution in [2.24, 2.45) is 5.73 Å². The molecule has 0 aliphatic heterocycles. The molecule has 0 aromatic carbocycles. The first-order valence-electron chi connectivity index (χ1n) is 4.04. The molecule has 62 valence electrons. The van der Waals surface area contributed by atoms with Crippen LogP contribution in [-0.4, -0.2) is 18.8 Å². The van der Waals surface area contributed by atoms with Crippen LogP contribution in [0.15, 0.2) is 0 Å². The molecule has 0 aromatic heterocycles. The van der Waals surface area contributed by atoms with Crippen molar-refractivity contribution in [1.82, 2.24) is 0 Å². The average molecular weight is 145 g/mol. The van der Waals surface area contributed by atoms with Gasteiger partial charge >= 0.3 is 0 Å². The Morgan fingerprint density at radius 1 is 1.40 bits per heavy atom. The van der Waals surface area contributed by atoms with Gasteiger partial charge < -0.3 is 10.5 Å². The lowest BCUT2D eigenvalue weighted by Gasteiger charge is -2.13. The summed E-state index contributed by atoms with van der Waals surface area (Å²) in [4.78, 5) is 0. The van der Waals surface area contributed by atoms with E-state index in [1.807, 2.05) is 6.92 Å². The number of ether oxygens (including phenoxy) is 1. The van der Waals surface area contributed by atoms with Gasteiger partial charge in [-0.15, -0.1) is 0 Å². The van der Waals surface area contributed by atoms with Gasteiger partial charge in [0.1, 0.15) is 0 Å². The molecule has 2 heteroatoms. The highest BCUT2D eigenvalue weighted by Gasteiger charge is 2.00. The zero-order valence-corrected chi connectivity index (χ0v) is 7.26. The van der Waals surface area contributed by atoms with E-state index in [4.69, 9.17) is 10.5 Å². The van der Waals surface area contributed by atoms with E-state index in [1.165, 1.54) is 6.42 Å². The molecule has 0 rings (SSSR count). The Labute approximate surface area is 63.7 Å². The van der Waals surface area contributed by atoms with Gasteiger partial charge in [-0.3, -0.25) is 0 Å². The van der Waals surface area contributed by atoms with E-state index < -0.39 is 0 Å². The van der Waals surface area contributed by atoms with Gasteiger partial charge in [-0.05, 0) is 20.3 Å². The summed E-state index contributed by atoms with van der Waals surface area (Å²) >= 11 is 0. The predicted molar refractivity (Wildman–Crippen MR) is 44.0 cm³/mol. The number of hydrogen-bond acceptors (Lipinski definition) is 2.